The zero-order valence-electron chi connectivity index (χ0n) is 14.8. The lowest BCUT2D eigenvalue weighted by Gasteiger charge is -2.43. The van der Waals surface area contributed by atoms with E-state index in [1.54, 1.807) is 0 Å². The Morgan fingerprint density at radius 2 is 2.09 bits per heavy atom. The molecule has 0 saturated carbocycles. The average Bonchev–Trinajstić information content (AvgIpc) is 2.49. The molecule has 2 nitrogen and oxygen atoms in total. The van der Waals surface area contributed by atoms with Crippen molar-refractivity contribution in [3.05, 3.63) is 23.8 Å². The van der Waals surface area contributed by atoms with Crippen molar-refractivity contribution in [2.24, 2.45) is 29.6 Å². The molecule has 6 atom stereocenters. The summed E-state index contributed by atoms with van der Waals surface area (Å²) in [6, 6.07) is 0. The highest BCUT2D eigenvalue weighted by atomic mass is 16.5. The highest BCUT2D eigenvalue weighted by Crippen LogP contribution is 2.44. The molecule has 0 aromatic rings. The van der Waals surface area contributed by atoms with Gasteiger partial charge in [-0.25, -0.2) is 0 Å². The van der Waals surface area contributed by atoms with Crippen LogP contribution in [0.25, 0.3) is 0 Å². The molecule has 2 heteroatoms. The molecule has 0 amide bonds. The second kappa shape index (κ2) is 7.48. The second-order valence-corrected chi connectivity index (χ2v) is 7.36. The van der Waals surface area contributed by atoms with E-state index in [4.69, 9.17) is 4.74 Å². The van der Waals surface area contributed by atoms with Gasteiger partial charge in [-0.3, -0.25) is 4.79 Å². The molecular weight excluding hydrogens is 272 g/mol. The molecule has 0 radical (unpaired) electrons. The quantitative estimate of drug-likeness (QED) is 0.657. The Morgan fingerprint density at radius 3 is 2.73 bits per heavy atom. The Morgan fingerprint density at radius 1 is 1.36 bits per heavy atom. The normalized spacial score (nSPS) is 35.5. The number of carbonyl (C=O) groups is 1. The Hall–Kier alpha value is -1.05. The van der Waals surface area contributed by atoms with E-state index in [1.807, 2.05) is 13.8 Å². The van der Waals surface area contributed by atoms with Gasteiger partial charge in [0.2, 0.25) is 0 Å². The van der Waals surface area contributed by atoms with Crippen LogP contribution in [0.5, 0.6) is 0 Å². The first-order valence-corrected chi connectivity index (χ1v) is 9.08. The van der Waals surface area contributed by atoms with E-state index in [1.165, 1.54) is 18.4 Å². The molecule has 0 spiro atoms. The Bertz CT molecular complexity index is 449. The Labute approximate surface area is 136 Å². The minimum atomic E-state index is -0.0154. The van der Waals surface area contributed by atoms with Gasteiger partial charge >= 0.3 is 5.97 Å². The molecule has 2 aliphatic rings. The molecule has 0 aliphatic heterocycles. The first-order chi connectivity index (χ1) is 10.5. The first-order valence-electron chi connectivity index (χ1n) is 9.08. The summed E-state index contributed by atoms with van der Waals surface area (Å²) in [5.41, 5.74) is 1.40. The van der Waals surface area contributed by atoms with Crippen LogP contribution in [0.15, 0.2) is 23.8 Å². The van der Waals surface area contributed by atoms with Crippen molar-refractivity contribution in [2.45, 2.75) is 66.4 Å². The number of carbonyl (C=O) groups excluding carboxylic acids is 1. The van der Waals surface area contributed by atoms with Crippen LogP contribution in [0.1, 0.15) is 60.3 Å². The lowest BCUT2D eigenvalue weighted by Crippen LogP contribution is -2.41. The van der Waals surface area contributed by atoms with Gasteiger partial charge in [0.05, 0.1) is 5.92 Å². The predicted molar refractivity (Wildman–Crippen MR) is 91.4 cm³/mol. The summed E-state index contributed by atoms with van der Waals surface area (Å²) in [6.07, 6.45) is 11.3. The summed E-state index contributed by atoms with van der Waals surface area (Å²) in [5.74, 6) is 2.04. The van der Waals surface area contributed by atoms with Crippen molar-refractivity contribution < 1.29 is 9.53 Å². The van der Waals surface area contributed by atoms with Crippen molar-refractivity contribution >= 4 is 5.97 Å². The molecule has 0 saturated heterocycles. The molecule has 0 heterocycles. The monoisotopic (exact) mass is 304 g/mol. The largest absolute Gasteiger partial charge is 0.461 e. The number of allylic oxidation sites excluding steroid dienone is 3. The van der Waals surface area contributed by atoms with E-state index < -0.39 is 0 Å². The van der Waals surface area contributed by atoms with Crippen LogP contribution in [0, 0.1) is 29.6 Å². The SMILES string of the molecule is CCC[C@H]1C(C)C=CC2=C[C@@H](C)C[C@H](OC(=O)[C@@H](C)CC)[C@@H]21. The van der Waals surface area contributed by atoms with Gasteiger partial charge in [0, 0.05) is 5.92 Å². The van der Waals surface area contributed by atoms with Gasteiger partial charge < -0.3 is 4.74 Å². The van der Waals surface area contributed by atoms with Crippen LogP contribution in [0.3, 0.4) is 0 Å². The van der Waals surface area contributed by atoms with Crippen molar-refractivity contribution in [1.29, 1.82) is 0 Å². The van der Waals surface area contributed by atoms with E-state index in [9.17, 15) is 4.79 Å². The van der Waals surface area contributed by atoms with Gasteiger partial charge in [0.1, 0.15) is 6.10 Å². The molecule has 2 aliphatic carbocycles. The lowest BCUT2D eigenvalue weighted by atomic mass is 9.65. The van der Waals surface area contributed by atoms with E-state index in [2.05, 4.69) is 39.0 Å². The lowest BCUT2D eigenvalue weighted by molar-refractivity contribution is -0.158. The number of rotatable bonds is 5. The first kappa shape index (κ1) is 17.3. The van der Waals surface area contributed by atoms with E-state index in [0.29, 0.717) is 23.7 Å². The van der Waals surface area contributed by atoms with Gasteiger partial charge in [0.15, 0.2) is 0 Å². The summed E-state index contributed by atoms with van der Waals surface area (Å²) >= 11 is 0. The van der Waals surface area contributed by atoms with Crippen LogP contribution in [0.2, 0.25) is 0 Å². The van der Waals surface area contributed by atoms with Crippen LogP contribution >= 0.6 is 0 Å². The maximum atomic E-state index is 12.3. The van der Waals surface area contributed by atoms with Crippen LogP contribution in [-0.4, -0.2) is 12.1 Å². The molecule has 1 unspecified atom stereocenters. The van der Waals surface area contributed by atoms with Crippen LogP contribution in [-0.2, 0) is 9.53 Å². The molecule has 0 bridgehead atoms. The van der Waals surface area contributed by atoms with Crippen molar-refractivity contribution in [3.63, 3.8) is 0 Å². The summed E-state index contributed by atoms with van der Waals surface area (Å²) < 4.78 is 6.00. The standard InChI is InChI=1S/C20H32O2/c1-6-8-17-15(5)9-10-16-11-13(3)12-18(19(16)17)22-20(21)14(4)7-2/h9-11,13-15,17-19H,6-8,12H2,1-5H3/t13-,14+,15?,17+,18+,19+/m1/s1. The highest BCUT2D eigenvalue weighted by molar-refractivity contribution is 5.72. The molecule has 124 valence electrons. The minimum Gasteiger partial charge on any atom is -0.461 e. The summed E-state index contributed by atoms with van der Waals surface area (Å²) in [7, 11) is 0. The fourth-order valence-corrected chi connectivity index (χ4v) is 3.99. The predicted octanol–water partition coefficient (Wildman–Crippen LogP) is 5.15. The van der Waals surface area contributed by atoms with Crippen LogP contribution < -0.4 is 0 Å². The number of ether oxygens (including phenoxy) is 1. The van der Waals surface area contributed by atoms with E-state index in [0.717, 1.165) is 12.8 Å². The third-order valence-electron chi connectivity index (χ3n) is 5.50. The maximum Gasteiger partial charge on any atom is 0.308 e. The molecular formula is C20H32O2. The van der Waals surface area contributed by atoms with Gasteiger partial charge in [-0.15, -0.1) is 0 Å². The van der Waals surface area contributed by atoms with Gasteiger partial charge in [-0.1, -0.05) is 59.3 Å². The zero-order valence-corrected chi connectivity index (χ0v) is 14.8. The van der Waals surface area contributed by atoms with E-state index in [-0.39, 0.29) is 18.0 Å². The third kappa shape index (κ3) is 3.64. The summed E-state index contributed by atoms with van der Waals surface area (Å²) in [6.45, 7) is 10.8. The van der Waals surface area contributed by atoms with E-state index >= 15 is 0 Å². The number of fused-ring (bicyclic) bond motifs is 1. The van der Waals surface area contributed by atoms with Crippen molar-refractivity contribution in [2.75, 3.05) is 0 Å². The number of hydrogen-bond donors (Lipinski definition) is 0. The molecule has 0 aromatic carbocycles. The molecule has 0 N–H and O–H groups in total. The Kier molecular flexibility index (Phi) is 5.88. The maximum absolute atomic E-state index is 12.3. The smallest absolute Gasteiger partial charge is 0.308 e. The average molecular weight is 304 g/mol. The number of hydrogen-bond acceptors (Lipinski definition) is 2. The van der Waals surface area contributed by atoms with Crippen molar-refractivity contribution in [3.8, 4) is 0 Å². The van der Waals surface area contributed by atoms with Gasteiger partial charge in [-0.2, -0.15) is 0 Å². The zero-order chi connectivity index (χ0) is 16.3. The van der Waals surface area contributed by atoms with Crippen molar-refractivity contribution in [1.82, 2.24) is 0 Å². The van der Waals surface area contributed by atoms with Crippen LogP contribution in [0.4, 0.5) is 0 Å². The molecule has 0 fully saturated rings. The fourth-order valence-electron chi connectivity index (χ4n) is 3.99. The summed E-state index contributed by atoms with van der Waals surface area (Å²) in [5, 5.41) is 0. The topological polar surface area (TPSA) is 26.3 Å². The fraction of sp³-hybridized carbons (Fsp3) is 0.750. The Balaban J connectivity index is 2.24. The highest BCUT2D eigenvalue weighted by Gasteiger charge is 2.41. The number of esters is 1. The summed E-state index contributed by atoms with van der Waals surface area (Å²) in [4.78, 5) is 12.3. The second-order valence-electron chi connectivity index (χ2n) is 7.36. The molecule has 0 aromatic heterocycles. The van der Waals surface area contributed by atoms with Gasteiger partial charge in [0.25, 0.3) is 0 Å². The molecule has 22 heavy (non-hydrogen) atoms. The third-order valence-corrected chi connectivity index (χ3v) is 5.50. The van der Waals surface area contributed by atoms with Gasteiger partial charge in [-0.05, 0) is 42.6 Å². The molecule has 2 rings (SSSR count). The minimum absolute atomic E-state index is 0.00541.